The molecule has 1 saturated carbocycles. The second-order valence-corrected chi connectivity index (χ2v) is 7.59. The van der Waals surface area contributed by atoms with Crippen LogP contribution in [0, 0.1) is 16.7 Å². The highest BCUT2D eigenvalue weighted by Gasteiger charge is 2.71. The Balaban J connectivity index is 2.03. The maximum absolute atomic E-state index is 12.0. The van der Waals surface area contributed by atoms with Crippen molar-refractivity contribution >= 4 is 9.84 Å². The number of sulfone groups is 1. The molecule has 1 aliphatic carbocycles. The fourth-order valence-corrected chi connectivity index (χ4v) is 5.04. The molecule has 1 aromatic rings. The molecule has 1 aromatic carbocycles. The number of hydrogen-bond acceptors (Lipinski definition) is 6. The lowest BCUT2D eigenvalue weighted by Crippen LogP contribution is -2.17. The Morgan fingerprint density at radius 2 is 2.14 bits per heavy atom. The van der Waals surface area contributed by atoms with E-state index in [1.807, 2.05) is 0 Å². The van der Waals surface area contributed by atoms with E-state index in [0.29, 0.717) is 11.5 Å². The molecule has 112 valence electrons. The molecule has 3 rings (SSSR count). The largest absolute Gasteiger partial charge is 0.454 e. The predicted molar refractivity (Wildman–Crippen MR) is 73.9 cm³/mol. The summed E-state index contributed by atoms with van der Waals surface area (Å²) in [6.07, 6.45) is 1.16. The van der Waals surface area contributed by atoms with Crippen molar-refractivity contribution in [2.24, 2.45) is 5.41 Å². The lowest BCUT2D eigenvalue weighted by atomic mass is 10.0. The van der Waals surface area contributed by atoms with Crippen LogP contribution in [0.15, 0.2) is 18.2 Å². The molecule has 3 unspecified atom stereocenters. The zero-order valence-electron chi connectivity index (χ0n) is 11.7. The van der Waals surface area contributed by atoms with Gasteiger partial charge in [-0.2, -0.15) is 5.26 Å². The third-order valence-electron chi connectivity index (χ3n) is 4.06. The molecular formula is C14H15NO5S. The highest BCUT2D eigenvalue weighted by molar-refractivity contribution is 7.91. The third-order valence-corrected chi connectivity index (χ3v) is 5.68. The van der Waals surface area contributed by atoms with Crippen LogP contribution in [-0.4, -0.2) is 40.4 Å². The maximum Gasteiger partial charge on any atom is 0.231 e. The lowest BCUT2D eigenvalue weighted by Gasteiger charge is -2.07. The summed E-state index contributed by atoms with van der Waals surface area (Å²) < 4.78 is 39.6. The van der Waals surface area contributed by atoms with E-state index in [1.165, 1.54) is 7.11 Å². The zero-order chi connectivity index (χ0) is 15.3. The van der Waals surface area contributed by atoms with Crippen molar-refractivity contribution in [2.75, 3.05) is 26.8 Å². The molecule has 0 radical (unpaired) electrons. The molecule has 2 aliphatic rings. The van der Waals surface area contributed by atoms with E-state index >= 15 is 0 Å². The van der Waals surface area contributed by atoms with E-state index < -0.39 is 26.4 Å². The first kappa shape index (κ1) is 14.2. The van der Waals surface area contributed by atoms with Crippen LogP contribution in [0.25, 0.3) is 0 Å². The number of ether oxygens (including phenoxy) is 3. The molecular weight excluding hydrogens is 294 g/mol. The molecule has 0 aromatic heterocycles. The van der Waals surface area contributed by atoms with Crippen molar-refractivity contribution < 1.29 is 22.6 Å². The van der Waals surface area contributed by atoms with Crippen molar-refractivity contribution in [1.29, 1.82) is 5.26 Å². The van der Waals surface area contributed by atoms with E-state index in [4.69, 9.17) is 14.2 Å². The summed E-state index contributed by atoms with van der Waals surface area (Å²) in [6.45, 7) is 0.237. The van der Waals surface area contributed by atoms with Crippen LogP contribution in [0.2, 0.25) is 0 Å². The molecule has 3 atom stereocenters. The monoisotopic (exact) mass is 309 g/mol. The van der Waals surface area contributed by atoms with Crippen LogP contribution in [0.5, 0.6) is 11.5 Å². The summed E-state index contributed by atoms with van der Waals surface area (Å²) in [5, 5.41) is 8.74. The van der Waals surface area contributed by atoms with Gasteiger partial charge >= 0.3 is 0 Å². The Morgan fingerprint density at radius 3 is 2.76 bits per heavy atom. The minimum atomic E-state index is -3.36. The van der Waals surface area contributed by atoms with Crippen molar-refractivity contribution in [3.05, 3.63) is 23.8 Å². The average Bonchev–Trinajstić information content (AvgIpc) is 2.88. The van der Waals surface area contributed by atoms with Crippen molar-refractivity contribution in [2.45, 2.75) is 11.2 Å². The van der Waals surface area contributed by atoms with Gasteiger partial charge in [-0.15, -0.1) is 0 Å². The van der Waals surface area contributed by atoms with Gasteiger partial charge in [0, 0.05) is 19.3 Å². The first-order valence-electron chi connectivity index (χ1n) is 6.42. The number of nitrogens with zero attached hydrogens (tertiary/aromatic N) is 1. The third kappa shape index (κ3) is 2.06. The lowest BCUT2D eigenvalue weighted by molar-refractivity contribution is 0.162. The molecule has 0 spiro atoms. The molecule has 21 heavy (non-hydrogen) atoms. The summed E-state index contributed by atoms with van der Waals surface area (Å²) in [6, 6.07) is 7.42. The van der Waals surface area contributed by atoms with Crippen LogP contribution in [0.4, 0.5) is 0 Å². The van der Waals surface area contributed by atoms with Crippen LogP contribution in [-0.2, 0) is 14.6 Å². The molecule has 1 fully saturated rings. The number of nitriles is 1. The van der Waals surface area contributed by atoms with Crippen LogP contribution >= 0.6 is 0 Å². The first-order chi connectivity index (χ1) is 9.94. The number of benzene rings is 1. The van der Waals surface area contributed by atoms with E-state index in [-0.39, 0.29) is 13.4 Å². The Bertz CT molecular complexity index is 723. The molecule has 0 amide bonds. The Morgan fingerprint density at radius 1 is 1.43 bits per heavy atom. The van der Waals surface area contributed by atoms with Gasteiger partial charge in [-0.05, 0) is 17.7 Å². The Hall–Kier alpha value is -1.78. The van der Waals surface area contributed by atoms with Crippen molar-refractivity contribution in [1.82, 2.24) is 0 Å². The summed E-state index contributed by atoms with van der Waals surface area (Å²) in [4.78, 5) is 0. The van der Waals surface area contributed by atoms with Gasteiger partial charge in [0.1, 0.15) is 5.41 Å². The normalized spacial score (nSPS) is 30.0. The van der Waals surface area contributed by atoms with Crippen LogP contribution < -0.4 is 9.47 Å². The zero-order valence-corrected chi connectivity index (χ0v) is 12.5. The fraction of sp³-hybridized carbons (Fsp3) is 0.500. The van der Waals surface area contributed by atoms with E-state index in [0.717, 1.165) is 11.8 Å². The highest BCUT2D eigenvalue weighted by Crippen LogP contribution is 2.63. The molecule has 1 aliphatic heterocycles. The quantitative estimate of drug-likeness (QED) is 0.827. The van der Waals surface area contributed by atoms with E-state index in [2.05, 4.69) is 6.07 Å². The minimum Gasteiger partial charge on any atom is -0.454 e. The molecule has 7 heteroatoms. The summed E-state index contributed by atoms with van der Waals surface area (Å²) in [7, 11) is -1.89. The van der Waals surface area contributed by atoms with E-state index in [1.54, 1.807) is 18.2 Å². The number of methoxy groups -OCH3 is 1. The molecule has 1 heterocycles. The van der Waals surface area contributed by atoms with Crippen molar-refractivity contribution in [3.63, 3.8) is 0 Å². The topological polar surface area (TPSA) is 85.6 Å². The van der Waals surface area contributed by atoms with Crippen molar-refractivity contribution in [3.8, 4) is 17.6 Å². The summed E-state index contributed by atoms with van der Waals surface area (Å²) in [5.41, 5.74) is -0.274. The van der Waals surface area contributed by atoms with Gasteiger partial charge in [0.25, 0.3) is 0 Å². The minimum absolute atomic E-state index is 0.0837. The Kier molecular flexibility index (Phi) is 3.11. The number of hydrogen-bond donors (Lipinski definition) is 0. The van der Waals surface area contributed by atoms with Crippen LogP contribution in [0.1, 0.15) is 11.5 Å². The fourth-order valence-electron chi connectivity index (χ4n) is 3.19. The van der Waals surface area contributed by atoms with Gasteiger partial charge in [-0.3, -0.25) is 0 Å². The second-order valence-electron chi connectivity index (χ2n) is 5.43. The molecule has 0 bridgehead atoms. The second kappa shape index (κ2) is 4.61. The van der Waals surface area contributed by atoms with Gasteiger partial charge in [0.2, 0.25) is 6.79 Å². The van der Waals surface area contributed by atoms with Crippen LogP contribution in [0.3, 0.4) is 0 Å². The van der Waals surface area contributed by atoms with Gasteiger partial charge in [-0.25, -0.2) is 8.42 Å². The highest BCUT2D eigenvalue weighted by atomic mass is 32.2. The first-order valence-corrected chi connectivity index (χ1v) is 8.38. The van der Waals surface area contributed by atoms with E-state index in [9.17, 15) is 13.7 Å². The Labute approximate surface area is 123 Å². The molecule has 0 saturated heterocycles. The van der Waals surface area contributed by atoms with Gasteiger partial charge in [0.05, 0.1) is 17.9 Å². The SMILES string of the molecule is COCC1(C#N)C(c2ccc3c(c2)OCO3)C1S(C)(=O)=O. The molecule has 0 N–H and O–H groups in total. The molecule has 6 nitrogen and oxygen atoms in total. The summed E-state index contributed by atoms with van der Waals surface area (Å²) >= 11 is 0. The summed E-state index contributed by atoms with van der Waals surface area (Å²) in [5.74, 6) is 0.799. The number of rotatable bonds is 4. The standard InChI is InChI=1S/C14H15NO5S/c1-18-7-14(6-15)12(13(14)21(2,16)17)9-3-4-10-11(5-9)20-8-19-10/h3-5,12-13H,7-8H2,1-2H3. The number of fused-ring (bicyclic) bond motifs is 1. The predicted octanol–water partition coefficient (Wildman–Crippen LogP) is 1.08. The smallest absolute Gasteiger partial charge is 0.231 e. The average molecular weight is 309 g/mol. The van der Waals surface area contributed by atoms with Gasteiger partial charge < -0.3 is 14.2 Å². The van der Waals surface area contributed by atoms with Gasteiger partial charge in [0.15, 0.2) is 21.3 Å². The maximum atomic E-state index is 12.0. The van der Waals surface area contributed by atoms with Gasteiger partial charge in [-0.1, -0.05) is 6.07 Å².